The molecule has 10 heteroatoms. The third kappa shape index (κ3) is 68.9. The predicted molar refractivity (Wildman–Crippen MR) is 387 cm³/mol. The second kappa shape index (κ2) is 67.6. The smallest absolute Gasteiger partial charge is 0.456 e. The van der Waals surface area contributed by atoms with Gasteiger partial charge in [0, 0.05) is 12.8 Å². The maximum absolute atomic E-state index is 13.6. The standard InChI is InChI=1S/C79H141N2O7P/c1-7-10-13-16-19-22-25-27-29-31-33-35-37-39-40-42-43-45-47-49-51-53-56-59-62-65-68-71-78(82)80-76(75-87-89(84,85)86-74-73-81(4,5)6)77(70-67-64-61-58-55-24-21-18-15-12-9-3)88-79(83)72-69-66-63-60-57-54-52-50-48-46-44-41-38-36-34-32-30-28-26-23-20-17-14-11-8-2/h11,14,19-20,22-23,27-30,34,36,41,44,48,50,67,70,76-77H,7-10,12-13,15-18,21,24-26,31-33,35,37-40,42-43,45-47,49,51-66,68-69,71-75H2,1-6H3,(H-,80,82,84,85)/p+1/b14-11-,22-19-,23-20-,29-27-,30-28-,36-34-,44-41-,50-48-,70-67+. The summed E-state index contributed by atoms with van der Waals surface area (Å²) >= 11 is 0. The number of nitrogens with zero attached hydrogens (tertiary/aromatic N) is 1. The highest BCUT2D eigenvalue weighted by molar-refractivity contribution is 7.47. The number of phosphoric acid groups is 1. The first-order chi connectivity index (χ1) is 43.4. The number of amides is 1. The van der Waals surface area contributed by atoms with E-state index >= 15 is 0 Å². The number of allylic oxidation sites excluding steroid dienone is 17. The van der Waals surface area contributed by atoms with Crippen LogP contribution in [0.2, 0.25) is 0 Å². The molecule has 3 atom stereocenters. The van der Waals surface area contributed by atoms with Crippen LogP contribution in [0.25, 0.3) is 0 Å². The molecule has 1 amide bonds. The summed E-state index contributed by atoms with van der Waals surface area (Å²) in [6.45, 7) is 6.88. The average Bonchev–Trinajstić information content (AvgIpc) is 3.64. The first kappa shape index (κ1) is 85.7. The molecule has 0 aliphatic rings. The Labute approximate surface area is 551 Å². The first-order valence-electron chi connectivity index (χ1n) is 37.2. The molecule has 0 saturated carbocycles. The van der Waals surface area contributed by atoms with Crippen LogP contribution in [-0.4, -0.2) is 74.3 Å². The van der Waals surface area contributed by atoms with Crippen LogP contribution in [0.4, 0.5) is 0 Å². The van der Waals surface area contributed by atoms with Crippen LogP contribution in [0.5, 0.6) is 0 Å². The molecule has 0 aliphatic heterocycles. The Morgan fingerprint density at radius 3 is 1.10 bits per heavy atom. The molecule has 0 saturated heterocycles. The Kier molecular flexibility index (Phi) is 65.0. The first-order valence-corrected chi connectivity index (χ1v) is 38.7. The summed E-state index contributed by atoms with van der Waals surface area (Å²) in [6, 6.07) is -0.861. The van der Waals surface area contributed by atoms with E-state index in [4.69, 9.17) is 13.8 Å². The third-order valence-corrected chi connectivity index (χ3v) is 17.2. The molecule has 0 spiro atoms. The maximum atomic E-state index is 13.6. The van der Waals surface area contributed by atoms with Crippen molar-refractivity contribution in [1.82, 2.24) is 5.32 Å². The van der Waals surface area contributed by atoms with Gasteiger partial charge in [0.2, 0.25) is 5.91 Å². The van der Waals surface area contributed by atoms with Crippen LogP contribution in [0, 0.1) is 0 Å². The summed E-state index contributed by atoms with van der Waals surface area (Å²) < 4.78 is 30.8. The van der Waals surface area contributed by atoms with Gasteiger partial charge in [0.15, 0.2) is 0 Å². The van der Waals surface area contributed by atoms with Gasteiger partial charge >= 0.3 is 13.8 Å². The zero-order chi connectivity index (χ0) is 64.9. The molecular formula is C79H142N2O7P+. The minimum absolute atomic E-state index is 0.0339. The lowest BCUT2D eigenvalue weighted by Crippen LogP contribution is -2.47. The van der Waals surface area contributed by atoms with E-state index < -0.39 is 20.0 Å². The molecule has 514 valence electrons. The quantitative estimate of drug-likeness (QED) is 0.0205. The van der Waals surface area contributed by atoms with Crippen molar-refractivity contribution in [2.45, 2.75) is 341 Å². The molecule has 0 radical (unpaired) electrons. The monoisotopic (exact) mass is 1260 g/mol. The molecule has 89 heavy (non-hydrogen) atoms. The number of carbonyl (C=O) groups excluding carboxylic acids is 2. The Hall–Kier alpha value is -3.33. The molecular weight excluding hydrogens is 1120 g/mol. The van der Waals surface area contributed by atoms with E-state index in [2.05, 4.69) is 123 Å². The zero-order valence-corrected chi connectivity index (χ0v) is 59.8. The highest BCUT2D eigenvalue weighted by Gasteiger charge is 2.30. The van der Waals surface area contributed by atoms with E-state index in [9.17, 15) is 19.0 Å². The molecule has 9 nitrogen and oxygen atoms in total. The molecule has 0 aromatic carbocycles. The van der Waals surface area contributed by atoms with Crippen LogP contribution in [0.3, 0.4) is 0 Å². The maximum Gasteiger partial charge on any atom is 0.472 e. The molecule has 2 N–H and O–H groups in total. The number of unbranched alkanes of at least 4 members (excludes halogenated alkanes) is 35. The SMILES string of the molecule is CC/C=C\C/C=C\C/C=C\C/C=C\C/C=C\C/C=C\CCCCCCCCC(=O)OC(/C=C/CCCCCCCCCCC)C(COP(=O)(O)OCC[N+](C)(C)C)NC(=O)CCCCCCCCCCCCCCCCCCC/C=C\C/C=C\CCCCC. The minimum Gasteiger partial charge on any atom is -0.456 e. The summed E-state index contributed by atoms with van der Waals surface area (Å²) in [5.74, 6) is -0.518. The van der Waals surface area contributed by atoms with Crippen molar-refractivity contribution in [3.05, 3.63) is 109 Å². The van der Waals surface area contributed by atoms with Crippen LogP contribution in [0.15, 0.2) is 109 Å². The summed E-state index contributed by atoms with van der Waals surface area (Å²) in [5, 5.41) is 3.07. The van der Waals surface area contributed by atoms with Gasteiger partial charge in [-0.05, 0) is 115 Å². The van der Waals surface area contributed by atoms with Crippen LogP contribution in [0.1, 0.15) is 329 Å². The van der Waals surface area contributed by atoms with Gasteiger partial charge in [-0.1, -0.05) is 310 Å². The fraction of sp³-hybridized carbons (Fsp3) is 0.747. The number of carbonyl (C=O) groups is 2. The van der Waals surface area contributed by atoms with Crippen LogP contribution >= 0.6 is 7.82 Å². The van der Waals surface area contributed by atoms with Crippen molar-refractivity contribution in [2.24, 2.45) is 0 Å². The van der Waals surface area contributed by atoms with Gasteiger partial charge in [-0.25, -0.2) is 4.57 Å². The molecule has 0 aromatic heterocycles. The van der Waals surface area contributed by atoms with Gasteiger partial charge in [-0.15, -0.1) is 0 Å². The van der Waals surface area contributed by atoms with E-state index in [-0.39, 0.29) is 31.5 Å². The van der Waals surface area contributed by atoms with E-state index in [0.717, 1.165) is 128 Å². The van der Waals surface area contributed by atoms with Gasteiger partial charge < -0.3 is 19.4 Å². The van der Waals surface area contributed by atoms with Gasteiger partial charge in [0.1, 0.15) is 19.3 Å². The lowest BCUT2D eigenvalue weighted by atomic mass is 10.0. The highest BCUT2D eigenvalue weighted by Crippen LogP contribution is 2.43. The molecule has 0 heterocycles. The number of hydrogen-bond acceptors (Lipinski definition) is 6. The van der Waals surface area contributed by atoms with Crippen molar-refractivity contribution in [3.8, 4) is 0 Å². The summed E-state index contributed by atoms with van der Waals surface area (Å²) in [7, 11) is 1.48. The van der Waals surface area contributed by atoms with Crippen molar-refractivity contribution in [1.29, 1.82) is 0 Å². The summed E-state index contributed by atoms with van der Waals surface area (Å²) in [4.78, 5) is 37.9. The average molecular weight is 1260 g/mol. The van der Waals surface area contributed by atoms with Crippen molar-refractivity contribution < 1.29 is 37.3 Å². The third-order valence-electron chi connectivity index (χ3n) is 16.2. The Balaban J connectivity index is 4.99. The molecule has 0 bridgehead atoms. The number of phosphoric ester groups is 1. The highest BCUT2D eigenvalue weighted by atomic mass is 31.2. The Morgan fingerprint density at radius 1 is 0.404 bits per heavy atom. The Morgan fingerprint density at radius 2 is 0.719 bits per heavy atom. The molecule has 0 aliphatic carbocycles. The summed E-state index contributed by atoms with van der Waals surface area (Å²) in [5.41, 5.74) is 0. The van der Waals surface area contributed by atoms with Crippen molar-refractivity contribution >= 4 is 19.7 Å². The molecule has 0 fully saturated rings. The molecule has 0 aromatic rings. The van der Waals surface area contributed by atoms with E-state index in [0.29, 0.717) is 17.4 Å². The second-order valence-electron chi connectivity index (χ2n) is 26.1. The number of hydrogen-bond donors (Lipinski definition) is 2. The number of rotatable bonds is 67. The number of nitrogens with one attached hydrogen (secondary N) is 1. The zero-order valence-electron chi connectivity index (χ0n) is 58.9. The fourth-order valence-corrected chi connectivity index (χ4v) is 11.2. The van der Waals surface area contributed by atoms with Crippen LogP contribution in [-0.2, 0) is 27.9 Å². The van der Waals surface area contributed by atoms with E-state index in [1.165, 1.54) is 167 Å². The number of ether oxygens (including phenoxy) is 1. The number of esters is 1. The van der Waals surface area contributed by atoms with E-state index in [1.54, 1.807) is 0 Å². The minimum atomic E-state index is -4.46. The molecule has 0 rings (SSSR count). The number of quaternary nitrogens is 1. The number of likely N-dealkylation sites (N-methyl/N-ethyl adjacent to an activating group) is 1. The van der Waals surface area contributed by atoms with Crippen molar-refractivity contribution in [3.63, 3.8) is 0 Å². The lowest BCUT2D eigenvalue weighted by molar-refractivity contribution is -0.870. The largest absolute Gasteiger partial charge is 0.472 e. The normalized spacial score (nSPS) is 14.1. The lowest BCUT2D eigenvalue weighted by Gasteiger charge is -2.27. The Bertz CT molecular complexity index is 1890. The van der Waals surface area contributed by atoms with E-state index in [1.807, 2.05) is 33.3 Å². The van der Waals surface area contributed by atoms with Gasteiger partial charge in [0.05, 0.1) is 33.8 Å². The summed E-state index contributed by atoms with van der Waals surface area (Å²) in [6.07, 6.45) is 94.0. The van der Waals surface area contributed by atoms with Gasteiger partial charge in [-0.3, -0.25) is 18.6 Å². The predicted octanol–water partition coefficient (Wildman–Crippen LogP) is 24.0. The van der Waals surface area contributed by atoms with Crippen molar-refractivity contribution in [2.75, 3.05) is 40.9 Å². The van der Waals surface area contributed by atoms with Gasteiger partial charge in [-0.2, -0.15) is 0 Å². The second-order valence-corrected chi connectivity index (χ2v) is 27.5. The fourth-order valence-electron chi connectivity index (χ4n) is 10.5. The van der Waals surface area contributed by atoms with Crippen LogP contribution < -0.4 is 5.32 Å². The van der Waals surface area contributed by atoms with Gasteiger partial charge in [0.25, 0.3) is 0 Å². The molecule has 3 unspecified atom stereocenters. The topological polar surface area (TPSA) is 111 Å².